The Morgan fingerprint density at radius 1 is 1.44 bits per heavy atom. The molecule has 0 unspecified atom stereocenters. The summed E-state index contributed by atoms with van der Waals surface area (Å²) >= 11 is 0. The molecule has 1 fully saturated rings. The topological polar surface area (TPSA) is 26.3 Å². The van der Waals surface area contributed by atoms with Gasteiger partial charge in [0, 0.05) is 11.8 Å². The van der Waals surface area contributed by atoms with Crippen molar-refractivity contribution in [2.24, 2.45) is 0 Å². The molecule has 0 saturated carbocycles. The van der Waals surface area contributed by atoms with Crippen LogP contribution in [0.15, 0.2) is 24.3 Å². The molecule has 0 N–H and O–H groups in total. The Hall–Kier alpha value is -1.15. The molecule has 2 nitrogen and oxygen atoms in total. The van der Waals surface area contributed by atoms with E-state index in [0.717, 1.165) is 19.6 Å². The minimum Gasteiger partial charge on any atom is -0.379 e. The quantitative estimate of drug-likeness (QED) is 0.776. The first kappa shape index (κ1) is 11.3. The van der Waals surface area contributed by atoms with E-state index in [2.05, 4.69) is 31.2 Å². The van der Waals surface area contributed by atoms with E-state index in [0.29, 0.717) is 6.42 Å². The van der Waals surface area contributed by atoms with Crippen molar-refractivity contribution in [3.05, 3.63) is 35.4 Å². The monoisotopic (exact) mass is 218 g/mol. The summed E-state index contributed by atoms with van der Waals surface area (Å²) in [5, 5.41) is 0. The fourth-order valence-corrected chi connectivity index (χ4v) is 2.19. The molecule has 1 aliphatic heterocycles. The fourth-order valence-electron chi connectivity index (χ4n) is 2.19. The SMILES string of the molecule is CC(=O)CCC1(c2cccc(C)c2)COC1. The van der Waals surface area contributed by atoms with Crippen molar-refractivity contribution >= 4 is 5.78 Å². The molecule has 0 aromatic heterocycles. The standard InChI is InChI=1S/C14H18O2/c1-11-4-3-5-13(8-11)14(9-16-10-14)7-6-12(2)15/h3-5,8H,6-7,9-10H2,1-2H3. The van der Waals surface area contributed by atoms with Crippen molar-refractivity contribution < 1.29 is 9.53 Å². The fraction of sp³-hybridized carbons (Fsp3) is 0.500. The van der Waals surface area contributed by atoms with Gasteiger partial charge in [0.05, 0.1) is 13.2 Å². The van der Waals surface area contributed by atoms with Gasteiger partial charge in [-0.2, -0.15) is 0 Å². The van der Waals surface area contributed by atoms with Gasteiger partial charge in [-0.3, -0.25) is 0 Å². The van der Waals surface area contributed by atoms with Crippen LogP contribution < -0.4 is 0 Å². The van der Waals surface area contributed by atoms with Gasteiger partial charge in [0.2, 0.25) is 0 Å². The maximum Gasteiger partial charge on any atom is 0.129 e. The summed E-state index contributed by atoms with van der Waals surface area (Å²) in [5.74, 6) is 0.263. The highest BCUT2D eigenvalue weighted by Crippen LogP contribution is 2.37. The van der Waals surface area contributed by atoms with Crippen molar-refractivity contribution in [1.82, 2.24) is 0 Å². The number of benzene rings is 1. The zero-order valence-corrected chi connectivity index (χ0v) is 9.95. The normalized spacial score (nSPS) is 17.9. The third-order valence-electron chi connectivity index (χ3n) is 3.34. The molecule has 1 saturated heterocycles. The first-order valence-corrected chi connectivity index (χ1v) is 5.77. The van der Waals surface area contributed by atoms with E-state index >= 15 is 0 Å². The average molecular weight is 218 g/mol. The number of carbonyl (C=O) groups excluding carboxylic acids is 1. The van der Waals surface area contributed by atoms with Crippen LogP contribution in [0.3, 0.4) is 0 Å². The maximum atomic E-state index is 11.1. The van der Waals surface area contributed by atoms with Gasteiger partial charge >= 0.3 is 0 Å². The van der Waals surface area contributed by atoms with Gasteiger partial charge in [0.25, 0.3) is 0 Å². The summed E-state index contributed by atoms with van der Waals surface area (Å²) in [5.41, 5.74) is 2.68. The highest BCUT2D eigenvalue weighted by Gasteiger charge is 2.39. The third-order valence-corrected chi connectivity index (χ3v) is 3.34. The average Bonchev–Trinajstić information content (AvgIpc) is 2.15. The van der Waals surface area contributed by atoms with Gasteiger partial charge in [-0.15, -0.1) is 0 Å². The van der Waals surface area contributed by atoms with Crippen molar-refractivity contribution in [3.63, 3.8) is 0 Å². The minimum absolute atomic E-state index is 0.0949. The van der Waals surface area contributed by atoms with E-state index in [1.807, 2.05) is 0 Å². The first-order valence-electron chi connectivity index (χ1n) is 5.77. The highest BCUT2D eigenvalue weighted by atomic mass is 16.5. The summed E-state index contributed by atoms with van der Waals surface area (Å²) in [6.07, 6.45) is 1.56. The van der Waals surface area contributed by atoms with Crippen LogP contribution in [0.1, 0.15) is 30.9 Å². The second-order valence-electron chi connectivity index (χ2n) is 4.84. The largest absolute Gasteiger partial charge is 0.379 e. The van der Waals surface area contributed by atoms with Crippen LogP contribution in [-0.4, -0.2) is 19.0 Å². The Kier molecular flexibility index (Phi) is 3.10. The number of carbonyl (C=O) groups is 1. The molecule has 86 valence electrons. The van der Waals surface area contributed by atoms with Crippen molar-refractivity contribution in [2.75, 3.05) is 13.2 Å². The predicted molar refractivity (Wildman–Crippen MR) is 63.6 cm³/mol. The van der Waals surface area contributed by atoms with E-state index in [9.17, 15) is 4.79 Å². The Morgan fingerprint density at radius 3 is 2.69 bits per heavy atom. The Morgan fingerprint density at radius 2 is 2.19 bits per heavy atom. The Balaban J connectivity index is 2.17. The van der Waals surface area contributed by atoms with E-state index in [4.69, 9.17) is 4.74 Å². The van der Waals surface area contributed by atoms with Gasteiger partial charge in [-0.05, 0) is 25.8 Å². The number of hydrogen-bond acceptors (Lipinski definition) is 2. The summed E-state index contributed by atoms with van der Waals surface area (Å²) in [4.78, 5) is 11.1. The Labute approximate surface area is 96.6 Å². The summed E-state index contributed by atoms with van der Waals surface area (Å²) in [6.45, 7) is 5.26. The lowest BCUT2D eigenvalue weighted by Crippen LogP contribution is -2.47. The molecular weight excluding hydrogens is 200 g/mol. The van der Waals surface area contributed by atoms with Crippen molar-refractivity contribution in [1.29, 1.82) is 0 Å². The molecule has 0 amide bonds. The van der Waals surface area contributed by atoms with Gasteiger partial charge in [-0.25, -0.2) is 0 Å². The van der Waals surface area contributed by atoms with Crippen molar-refractivity contribution in [2.45, 2.75) is 32.1 Å². The second-order valence-corrected chi connectivity index (χ2v) is 4.84. The molecular formula is C14H18O2. The summed E-state index contributed by atoms with van der Waals surface area (Å²) < 4.78 is 5.35. The van der Waals surface area contributed by atoms with Gasteiger partial charge < -0.3 is 9.53 Å². The van der Waals surface area contributed by atoms with E-state index in [1.54, 1.807) is 6.92 Å². The second kappa shape index (κ2) is 4.38. The van der Waals surface area contributed by atoms with Crippen LogP contribution in [-0.2, 0) is 14.9 Å². The molecule has 0 bridgehead atoms. The molecule has 0 atom stereocenters. The number of rotatable bonds is 4. The molecule has 0 radical (unpaired) electrons. The molecule has 1 aliphatic rings. The first-order chi connectivity index (χ1) is 7.62. The van der Waals surface area contributed by atoms with Crippen molar-refractivity contribution in [3.8, 4) is 0 Å². The lowest BCUT2D eigenvalue weighted by molar-refractivity contribution is -0.119. The zero-order valence-electron chi connectivity index (χ0n) is 9.95. The lowest BCUT2D eigenvalue weighted by Gasteiger charge is -2.42. The van der Waals surface area contributed by atoms with E-state index < -0.39 is 0 Å². The molecule has 0 spiro atoms. The van der Waals surface area contributed by atoms with Crippen LogP contribution in [0.25, 0.3) is 0 Å². The lowest BCUT2D eigenvalue weighted by atomic mass is 9.74. The molecule has 1 aromatic rings. The van der Waals surface area contributed by atoms with Gasteiger partial charge in [0.15, 0.2) is 0 Å². The molecule has 2 heteroatoms. The number of hydrogen-bond donors (Lipinski definition) is 0. The number of Topliss-reactive ketones (excluding diaryl/α,β-unsaturated/α-hetero) is 1. The van der Waals surface area contributed by atoms with Crippen LogP contribution in [0.4, 0.5) is 0 Å². The third kappa shape index (κ3) is 2.17. The predicted octanol–water partition coefficient (Wildman–Crippen LogP) is 2.63. The van der Waals surface area contributed by atoms with Crippen LogP contribution >= 0.6 is 0 Å². The van der Waals surface area contributed by atoms with Crippen LogP contribution in [0.2, 0.25) is 0 Å². The van der Waals surface area contributed by atoms with E-state index in [1.165, 1.54) is 11.1 Å². The number of aryl methyl sites for hydroxylation is 1. The molecule has 2 rings (SSSR count). The molecule has 1 aromatic carbocycles. The van der Waals surface area contributed by atoms with Gasteiger partial charge in [0.1, 0.15) is 5.78 Å². The molecule has 1 heterocycles. The minimum atomic E-state index is 0.0949. The number of ether oxygens (including phenoxy) is 1. The Bertz CT molecular complexity index is 391. The summed E-state index contributed by atoms with van der Waals surface area (Å²) in [6, 6.07) is 8.54. The molecule has 16 heavy (non-hydrogen) atoms. The molecule has 0 aliphatic carbocycles. The summed E-state index contributed by atoms with van der Waals surface area (Å²) in [7, 11) is 0. The van der Waals surface area contributed by atoms with E-state index in [-0.39, 0.29) is 11.2 Å². The highest BCUT2D eigenvalue weighted by molar-refractivity contribution is 5.75. The smallest absolute Gasteiger partial charge is 0.129 e. The van der Waals surface area contributed by atoms with Gasteiger partial charge in [-0.1, -0.05) is 29.8 Å². The zero-order chi connectivity index (χ0) is 11.6. The number of ketones is 1. The maximum absolute atomic E-state index is 11.1. The van der Waals surface area contributed by atoms with Crippen LogP contribution in [0, 0.1) is 6.92 Å². The van der Waals surface area contributed by atoms with Crippen LogP contribution in [0.5, 0.6) is 0 Å².